The van der Waals surface area contributed by atoms with E-state index in [0.29, 0.717) is 22.6 Å². The van der Waals surface area contributed by atoms with Gasteiger partial charge in [0.2, 0.25) is 0 Å². The number of hydrazine groups is 1. The second-order valence-corrected chi connectivity index (χ2v) is 7.08. The first-order chi connectivity index (χ1) is 13.8. The van der Waals surface area contributed by atoms with E-state index in [0.717, 1.165) is 22.2 Å². The number of methoxy groups -OCH3 is 1. The maximum Gasteiger partial charge on any atom is 0.269 e. The molecular weight excluding hydrogens is 370 g/mol. The molecular formula is C22H25N3O4. The van der Waals surface area contributed by atoms with Gasteiger partial charge in [0.25, 0.3) is 11.8 Å². The minimum absolute atomic E-state index is 0.0207. The van der Waals surface area contributed by atoms with Gasteiger partial charge in [-0.2, -0.15) is 0 Å². The number of aryl methyl sites for hydroxylation is 2. The summed E-state index contributed by atoms with van der Waals surface area (Å²) >= 11 is 0. The molecule has 0 spiro atoms. The molecule has 7 nitrogen and oxygen atoms in total. The fraction of sp³-hybridized carbons (Fsp3) is 0.273. The maximum atomic E-state index is 12.5. The summed E-state index contributed by atoms with van der Waals surface area (Å²) in [5.74, 6) is 0.141. The first-order valence-electron chi connectivity index (χ1n) is 9.34. The van der Waals surface area contributed by atoms with Crippen molar-refractivity contribution < 1.29 is 19.1 Å². The number of carbonyl (C=O) groups excluding carboxylic acids is 2. The van der Waals surface area contributed by atoms with Gasteiger partial charge < -0.3 is 14.5 Å². The van der Waals surface area contributed by atoms with Crippen LogP contribution in [0.3, 0.4) is 0 Å². The van der Waals surface area contributed by atoms with E-state index in [2.05, 4.69) is 15.8 Å². The van der Waals surface area contributed by atoms with Crippen LogP contribution in [0.25, 0.3) is 10.9 Å². The van der Waals surface area contributed by atoms with Crippen LogP contribution in [-0.2, 0) is 0 Å². The first kappa shape index (κ1) is 20.3. The molecule has 0 aliphatic heterocycles. The highest BCUT2D eigenvalue weighted by atomic mass is 16.5. The molecule has 0 fully saturated rings. The third-order valence-electron chi connectivity index (χ3n) is 4.65. The van der Waals surface area contributed by atoms with Gasteiger partial charge in [0.15, 0.2) is 11.5 Å². The molecule has 0 aliphatic rings. The predicted molar refractivity (Wildman–Crippen MR) is 111 cm³/mol. The van der Waals surface area contributed by atoms with Crippen LogP contribution < -0.4 is 20.3 Å². The summed E-state index contributed by atoms with van der Waals surface area (Å²) in [6.45, 7) is 7.80. The lowest BCUT2D eigenvalue weighted by Crippen LogP contribution is -2.41. The van der Waals surface area contributed by atoms with Crippen molar-refractivity contribution in [2.75, 3.05) is 7.11 Å². The molecule has 3 aromatic rings. The van der Waals surface area contributed by atoms with Crippen LogP contribution in [0.4, 0.5) is 0 Å². The molecule has 1 aromatic heterocycles. The van der Waals surface area contributed by atoms with E-state index in [9.17, 15) is 9.59 Å². The van der Waals surface area contributed by atoms with Crippen molar-refractivity contribution in [2.45, 2.75) is 33.8 Å². The van der Waals surface area contributed by atoms with Crippen LogP contribution in [-0.4, -0.2) is 30.0 Å². The third-order valence-corrected chi connectivity index (χ3v) is 4.65. The van der Waals surface area contributed by atoms with Crippen LogP contribution >= 0.6 is 0 Å². The van der Waals surface area contributed by atoms with Crippen molar-refractivity contribution in [3.05, 3.63) is 58.8 Å². The standard InChI is InChI=1S/C22H25N3O4/c1-12(2)29-19-9-7-16(11-20(19)28-5)22(27)25-24-21(26)15-6-8-18-17(10-15)13(3)14(4)23-18/h6-12,23H,1-5H3,(H,24,26)(H,25,27). The molecule has 29 heavy (non-hydrogen) atoms. The lowest BCUT2D eigenvalue weighted by molar-refractivity contribution is 0.0846. The normalized spacial score (nSPS) is 10.8. The number of hydrogen-bond donors (Lipinski definition) is 3. The molecule has 2 aromatic carbocycles. The Bertz CT molecular complexity index is 1070. The highest BCUT2D eigenvalue weighted by Gasteiger charge is 2.14. The molecule has 0 atom stereocenters. The SMILES string of the molecule is COc1cc(C(=O)NNC(=O)c2ccc3[nH]c(C)c(C)c3c2)ccc1OC(C)C. The smallest absolute Gasteiger partial charge is 0.269 e. The molecule has 0 saturated carbocycles. The molecule has 7 heteroatoms. The molecule has 2 amide bonds. The summed E-state index contributed by atoms with van der Waals surface area (Å²) in [6, 6.07) is 10.2. The van der Waals surface area contributed by atoms with E-state index in [1.165, 1.54) is 7.11 Å². The van der Waals surface area contributed by atoms with Crippen LogP contribution in [0.2, 0.25) is 0 Å². The molecule has 0 aliphatic carbocycles. The van der Waals surface area contributed by atoms with Crippen LogP contribution in [0, 0.1) is 13.8 Å². The lowest BCUT2D eigenvalue weighted by Gasteiger charge is -2.14. The molecule has 152 valence electrons. The molecule has 3 N–H and O–H groups in total. The Morgan fingerprint density at radius 3 is 2.17 bits per heavy atom. The van der Waals surface area contributed by atoms with Gasteiger partial charge in [0.05, 0.1) is 13.2 Å². The topological polar surface area (TPSA) is 92.5 Å². The number of aromatic amines is 1. The summed E-state index contributed by atoms with van der Waals surface area (Å²) in [4.78, 5) is 28.2. The monoisotopic (exact) mass is 395 g/mol. The summed E-state index contributed by atoms with van der Waals surface area (Å²) in [7, 11) is 1.51. The van der Waals surface area contributed by atoms with Crippen molar-refractivity contribution in [2.24, 2.45) is 0 Å². The van der Waals surface area contributed by atoms with Gasteiger partial charge in [-0.05, 0) is 69.7 Å². The Balaban J connectivity index is 1.70. The van der Waals surface area contributed by atoms with Gasteiger partial charge in [-0.1, -0.05) is 0 Å². The Morgan fingerprint density at radius 1 is 0.931 bits per heavy atom. The van der Waals surface area contributed by atoms with E-state index in [1.54, 1.807) is 30.3 Å². The number of fused-ring (bicyclic) bond motifs is 1. The fourth-order valence-electron chi connectivity index (χ4n) is 3.02. The van der Waals surface area contributed by atoms with Crippen molar-refractivity contribution in [3.8, 4) is 11.5 Å². The molecule has 1 heterocycles. The number of hydrogen-bond acceptors (Lipinski definition) is 4. The van der Waals surface area contributed by atoms with Crippen LogP contribution in [0.15, 0.2) is 36.4 Å². The van der Waals surface area contributed by atoms with Crippen molar-refractivity contribution >= 4 is 22.7 Å². The molecule has 0 bridgehead atoms. The summed E-state index contributed by atoms with van der Waals surface area (Å²) in [5.41, 5.74) is 8.80. The van der Waals surface area contributed by atoms with Gasteiger partial charge >= 0.3 is 0 Å². The van der Waals surface area contributed by atoms with E-state index < -0.39 is 11.8 Å². The first-order valence-corrected chi connectivity index (χ1v) is 9.34. The van der Waals surface area contributed by atoms with Crippen LogP contribution in [0.5, 0.6) is 11.5 Å². The van der Waals surface area contributed by atoms with Crippen molar-refractivity contribution in [1.29, 1.82) is 0 Å². The highest BCUT2D eigenvalue weighted by Crippen LogP contribution is 2.29. The fourth-order valence-corrected chi connectivity index (χ4v) is 3.02. The molecule has 0 unspecified atom stereocenters. The Hall–Kier alpha value is -3.48. The number of amides is 2. The number of ether oxygens (including phenoxy) is 2. The average molecular weight is 395 g/mol. The zero-order chi connectivity index (χ0) is 21.1. The van der Waals surface area contributed by atoms with Gasteiger partial charge in [-0.3, -0.25) is 20.4 Å². The largest absolute Gasteiger partial charge is 0.493 e. The molecule has 0 radical (unpaired) electrons. The van der Waals surface area contributed by atoms with Crippen LogP contribution in [0.1, 0.15) is 45.8 Å². The van der Waals surface area contributed by atoms with Crippen molar-refractivity contribution in [3.63, 3.8) is 0 Å². The number of nitrogens with one attached hydrogen (secondary N) is 3. The zero-order valence-corrected chi connectivity index (χ0v) is 17.2. The van der Waals surface area contributed by atoms with Gasteiger partial charge in [0, 0.05) is 27.7 Å². The number of H-pyrrole nitrogens is 1. The quantitative estimate of drug-likeness (QED) is 0.575. The Kier molecular flexibility index (Phi) is 5.77. The maximum absolute atomic E-state index is 12.5. The number of carbonyl (C=O) groups is 2. The summed E-state index contributed by atoms with van der Waals surface area (Å²) < 4.78 is 10.9. The van der Waals surface area contributed by atoms with E-state index in [1.807, 2.05) is 33.8 Å². The minimum atomic E-state index is -0.456. The van der Waals surface area contributed by atoms with Crippen molar-refractivity contribution in [1.82, 2.24) is 15.8 Å². The number of benzene rings is 2. The van der Waals surface area contributed by atoms with E-state index >= 15 is 0 Å². The second kappa shape index (κ2) is 8.26. The van der Waals surface area contributed by atoms with E-state index in [4.69, 9.17) is 9.47 Å². The average Bonchev–Trinajstić information content (AvgIpc) is 2.99. The van der Waals surface area contributed by atoms with Gasteiger partial charge in [0.1, 0.15) is 0 Å². The lowest BCUT2D eigenvalue weighted by atomic mass is 10.1. The second-order valence-electron chi connectivity index (χ2n) is 7.08. The third kappa shape index (κ3) is 4.34. The Labute approximate surface area is 169 Å². The van der Waals surface area contributed by atoms with Gasteiger partial charge in [-0.25, -0.2) is 0 Å². The Morgan fingerprint density at radius 2 is 1.55 bits per heavy atom. The van der Waals surface area contributed by atoms with Gasteiger partial charge in [-0.15, -0.1) is 0 Å². The van der Waals surface area contributed by atoms with E-state index in [-0.39, 0.29) is 6.10 Å². The summed E-state index contributed by atoms with van der Waals surface area (Å²) in [6.07, 6.45) is -0.0207. The minimum Gasteiger partial charge on any atom is -0.493 e. The zero-order valence-electron chi connectivity index (χ0n) is 17.2. The molecule has 3 rings (SSSR count). The number of rotatable bonds is 5. The summed E-state index contributed by atoms with van der Waals surface area (Å²) in [5, 5.41) is 0.979. The number of aromatic nitrogens is 1. The molecule has 0 saturated heterocycles. The predicted octanol–water partition coefficient (Wildman–Crippen LogP) is 3.66. The highest BCUT2D eigenvalue weighted by molar-refractivity contribution is 6.01.